The average Bonchev–Trinajstić information content (AvgIpc) is 2.95. The highest BCUT2D eigenvalue weighted by molar-refractivity contribution is 5.97. The Labute approximate surface area is 233 Å². The van der Waals surface area contributed by atoms with Crippen LogP contribution in [0.5, 0.6) is 5.75 Å². The Morgan fingerprint density at radius 2 is 1.51 bits per heavy atom. The van der Waals surface area contributed by atoms with Gasteiger partial charge in [-0.15, -0.1) is 0 Å². The summed E-state index contributed by atoms with van der Waals surface area (Å²) in [6.07, 6.45) is 17.3. The Bertz CT molecular complexity index is 1100. The fourth-order valence-electron chi connectivity index (χ4n) is 5.06. The molecule has 39 heavy (non-hydrogen) atoms. The van der Waals surface area contributed by atoms with Gasteiger partial charge in [-0.25, -0.2) is 4.79 Å². The van der Waals surface area contributed by atoms with E-state index in [9.17, 15) is 14.7 Å². The zero-order chi connectivity index (χ0) is 28.1. The lowest BCUT2D eigenvalue weighted by Gasteiger charge is -2.29. The van der Waals surface area contributed by atoms with Gasteiger partial charge < -0.3 is 14.6 Å². The molecule has 1 N–H and O–H groups in total. The third-order valence-corrected chi connectivity index (χ3v) is 7.36. The summed E-state index contributed by atoms with van der Waals surface area (Å²) < 4.78 is 11.5. The van der Waals surface area contributed by atoms with Crippen LogP contribution in [0, 0.1) is 0 Å². The first-order valence-corrected chi connectivity index (χ1v) is 14.6. The van der Waals surface area contributed by atoms with Gasteiger partial charge in [-0.05, 0) is 49.1 Å². The number of unbranched alkanes of at least 4 members (excludes halogenated alkanes) is 6. The molecule has 1 aliphatic carbocycles. The molecule has 0 spiro atoms. The van der Waals surface area contributed by atoms with E-state index in [0.717, 1.165) is 37.2 Å². The largest absolute Gasteiger partial charge is 0.494 e. The van der Waals surface area contributed by atoms with E-state index in [4.69, 9.17) is 9.47 Å². The second-order valence-electron chi connectivity index (χ2n) is 10.5. The molecule has 0 saturated heterocycles. The van der Waals surface area contributed by atoms with Crippen LogP contribution in [0.15, 0.2) is 72.8 Å². The van der Waals surface area contributed by atoms with Gasteiger partial charge >= 0.3 is 11.9 Å². The molecule has 3 rings (SSSR count). The third-order valence-electron chi connectivity index (χ3n) is 7.36. The Balaban J connectivity index is 1.65. The number of hydrogen-bond acceptors (Lipinski definition) is 4. The van der Waals surface area contributed by atoms with Crippen molar-refractivity contribution in [3.05, 3.63) is 89.5 Å². The van der Waals surface area contributed by atoms with Crippen molar-refractivity contribution in [2.24, 2.45) is 0 Å². The van der Waals surface area contributed by atoms with E-state index in [0.29, 0.717) is 5.56 Å². The van der Waals surface area contributed by atoms with Crippen molar-refractivity contribution in [3.63, 3.8) is 0 Å². The minimum atomic E-state index is -1.44. The topological polar surface area (TPSA) is 72.8 Å². The van der Waals surface area contributed by atoms with E-state index < -0.39 is 17.4 Å². The smallest absolute Gasteiger partial charge is 0.338 e. The van der Waals surface area contributed by atoms with Crippen molar-refractivity contribution in [1.29, 1.82) is 0 Å². The summed E-state index contributed by atoms with van der Waals surface area (Å²) in [6, 6.07) is 14.8. The zero-order valence-electron chi connectivity index (χ0n) is 23.7. The van der Waals surface area contributed by atoms with Crippen LogP contribution in [0.2, 0.25) is 0 Å². The number of carbonyl (C=O) groups excluding carboxylic acids is 1. The maximum Gasteiger partial charge on any atom is 0.338 e. The lowest BCUT2D eigenvalue weighted by atomic mass is 9.73. The van der Waals surface area contributed by atoms with Crippen LogP contribution in [-0.2, 0) is 14.9 Å². The summed E-state index contributed by atoms with van der Waals surface area (Å²) in [5.41, 5.74) is 0.287. The molecule has 0 aliphatic heterocycles. The molecule has 0 radical (unpaired) electrons. The van der Waals surface area contributed by atoms with Crippen LogP contribution in [0.3, 0.4) is 0 Å². The third kappa shape index (κ3) is 8.32. The maximum absolute atomic E-state index is 13.0. The first-order chi connectivity index (χ1) is 18.9. The van der Waals surface area contributed by atoms with Crippen LogP contribution < -0.4 is 4.74 Å². The zero-order valence-corrected chi connectivity index (χ0v) is 23.7. The van der Waals surface area contributed by atoms with Gasteiger partial charge in [0, 0.05) is 5.92 Å². The summed E-state index contributed by atoms with van der Waals surface area (Å²) >= 11 is 0. The molecule has 2 aromatic rings. The summed E-state index contributed by atoms with van der Waals surface area (Å²) in [5.74, 6) is -0.760. The first kappa shape index (κ1) is 30.2. The number of carboxylic acid groups (broad SMARTS) is 1. The van der Waals surface area contributed by atoms with Gasteiger partial charge in [-0.2, -0.15) is 0 Å². The number of benzene rings is 2. The molecule has 5 heteroatoms. The Hall–Kier alpha value is -3.34. The van der Waals surface area contributed by atoms with E-state index in [1.165, 1.54) is 38.5 Å². The number of carboxylic acids is 1. The van der Waals surface area contributed by atoms with Crippen LogP contribution in [-0.4, -0.2) is 29.8 Å². The van der Waals surface area contributed by atoms with Gasteiger partial charge in [0.1, 0.15) is 11.2 Å². The van der Waals surface area contributed by atoms with Crippen molar-refractivity contribution < 1.29 is 24.2 Å². The molecule has 0 bridgehead atoms. The van der Waals surface area contributed by atoms with Gasteiger partial charge in [0.2, 0.25) is 0 Å². The normalized spacial score (nSPS) is 19.0. The second-order valence-corrected chi connectivity index (χ2v) is 10.5. The van der Waals surface area contributed by atoms with E-state index in [-0.39, 0.29) is 17.6 Å². The number of carbonyl (C=O) groups is 2. The van der Waals surface area contributed by atoms with Crippen molar-refractivity contribution in [2.75, 3.05) is 6.61 Å². The fraction of sp³-hybridized carbons (Fsp3) is 0.471. The second kappa shape index (κ2) is 15.3. The number of esters is 1. The molecule has 0 fully saturated rings. The van der Waals surface area contributed by atoms with E-state index in [1.807, 2.05) is 50.3 Å². The Morgan fingerprint density at radius 3 is 2.15 bits per heavy atom. The number of aliphatic carboxylic acids is 1. The number of ether oxygens (including phenoxy) is 2. The molecule has 210 valence electrons. The van der Waals surface area contributed by atoms with Gasteiger partial charge in [0.15, 0.2) is 0 Å². The molecule has 1 atom stereocenters. The van der Waals surface area contributed by atoms with Crippen LogP contribution >= 0.6 is 0 Å². The summed E-state index contributed by atoms with van der Waals surface area (Å²) in [5, 5.41) is 10.3. The SMILES string of the molecule is CCCCCCCCCOc1ccc(C2C=CC(C(=O)O)(c3ccccc3C(=O)OC(C)CCC)C=C2)cc1. The molecular weight excluding hydrogens is 488 g/mol. The van der Waals surface area contributed by atoms with Crippen molar-refractivity contribution in [1.82, 2.24) is 0 Å². The minimum Gasteiger partial charge on any atom is -0.494 e. The lowest BCUT2D eigenvalue weighted by Crippen LogP contribution is -2.35. The number of allylic oxidation sites excluding steroid dienone is 2. The highest BCUT2D eigenvalue weighted by atomic mass is 16.5. The predicted octanol–water partition coefficient (Wildman–Crippen LogP) is 8.39. The van der Waals surface area contributed by atoms with Crippen LogP contribution in [0.25, 0.3) is 0 Å². The minimum absolute atomic E-state index is 0.0710. The molecular formula is C34H44O5. The van der Waals surface area contributed by atoms with E-state index >= 15 is 0 Å². The molecule has 0 amide bonds. The average molecular weight is 533 g/mol. The van der Waals surface area contributed by atoms with Crippen LogP contribution in [0.1, 0.15) is 106 Å². The van der Waals surface area contributed by atoms with E-state index in [1.54, 1.807) is 36.4 Å². The molecule has 0 saturated carbocycles. The summed E-state index contributed by atoms with van der Waals surface area (Å²) in [6.45, 7) is 6.84. The van der Waals surface area contributed by atoms with Gasteiger partial charge in [0.05, 0.1) is 18.3 Å². The monoisotopic (exact) mass is 532 g/mol. The summed E-state index contributed by atoms with van der Waals surface area (Å²) in [7, 11) is 0. The highest BCUT2D eigenvalue weighted by Gasteiger charge is 2.40. The predicted molar refractivity (Wildman–Crippen MR) is 156 cm³/mol. The molecule has 2 aromatic carbocycles. The molecule has 1 aliphatic rings. The molecule has 0 aromatic heterocycles. The van der Waals surface area contributed by atoms with Gasteiger partial charge in [-0.3, -0.25) is 4.79 Å². The number of hydrogen-bond donors (Lipinski definition) is 1. The molecule has 1 unspecified atom stereocenters. The fourth-order valence-corrected chi connectivity index (χ4v) is 5.06. The van der Waals surface area contributed by atoms with Crippen LogP contribution in [0.4, 0.5) is 0 Å². The van der Waals surface area contributed by atoms with Gasteiger partial charge in [0.25, 0.3) is 0 Å². The van der Waals surface area contributed by atoms with Crippen molar-refractivity contribution in [3.8, 4) is 5.75 Å². The Kier molecular flexibility index (Phi) is 11.9. The maximum atomic E-state index is 13.0. The standard InChI is InChI=1S/C34H44O5/c1-4-6-7-8-9-10-13-25-38-29-19-17-27(18-20-29)28-21-23-34(24-22-28,33(36)37)31-16-12-11-15-30(31)32(35)39-26(3)14-5-2/h11-12,15-24,26,28H,4-10,13-14,25H2,1-3H3,(H,36,37). The highest BCUT2D eigenvalue weighted by Crippen LogP contribution is 2.37. The van der Waals surface area contributed by atoms with E-state index in [2.05, 4.69) is 6.92 Å². The van der Waals surface area contributed by atoms with Crippen molar-refractivity contribution >= 4 is 11.9 Å². The quantitative estimate of drug-likeness (QED) is 0.133. The van der Waals surface area contributed by atoms with Gasteiger partial charge in [-0.1, -0.05) is 113 Å². The number of rotatable bonds is 16. The molecule has 5 nitrogen and oxygen atoms in total. The Morgan fingerprint density at radius 1 is 0.872 bits per heavy atom. The lowest BCUT2D eigenvalue weighted by molar-refractivity contribution is -0.140. The van der Waals surface area contributed by atoms with Crippen molar-refractivity contribution in [2.45, 2.75) is 96.0 Å². The summed E-state index contributed by atoms with van der Waals surface area (Å²) in [4.78, 5) is 25.6. The molecule has 0 heterocycles. The first-order valence-electron chi connectivity index (χ1n) is 14.6.